The van der Waals surface area contributed by atoms with Crippen LogP contribution in [0.5, 0.6) is 0 Å². The van der Waals surface area contributed by atoms with Crippen molar-refractivity contribution in [1.29, 1.82) is 0 Å². The highest BCUT2D eigenvalue weighted by atomic mass is 32.2. The van der Waals surface area contributed by atoms with Crippen LogP contribution in [0, 0.1) is 0 Å². The molecule has 1 rings (SSSR count). The first-order valence-corrected chi connectivity index (χ1v) is 7.88. The maximum absolute atomic E-state index is 10.7. The Morgan fingerprint density at radius 2 is 1.33 bits per heavy atom. The van der Waals surface area contributed by atoms with Gasteiger partial charge in [0.15, 0.2) is 10.1 Å². The van der Waals surface area contributed by atoms with E-state index in [0.29, 0.717) is 0 Å². The van der Waals surface area contributed by atoms with Crippen molar-refractivity contribution in [2.75, 3.05) is 19.6 Å². The van der Waals surface area contributed by atoms with Gasteiger partial charge in [-0.2, -0.15) is 13.2 Å². The summed E-state index contributed by atoms with van der Waals surface area (Å²) in [4.78, 5) is 0. The molecule has 0 saturated heterocycles. The van der Waals surface area contributed by atoms with E-state index < -0.39 is 15.6 Å². The van der Waals surface area contributed by atoms with Gasteiger partial charge in [-0.05, 0) is 32.9 Å². The van der Waals surface area contributed by atoms with Gasteiger partial charge in [-0.15, -0.1) is 0 Å². The van der Waals surface area contributed by atoms with Crippen molar-refractivity contribution in [1.82, 2.24) is 4.48 Å². The minimum absolute atomic E-state index is 1.10. The number of rotatable bonds is 4. The van der Waals surface area contributed by atoms with Crippen LogP contribution in [-0.2, 0) is 10.1 Å². The molecule has 0 heterocycles. The molecule has 0 unspecified atom stereocenters. The molecule has 8 heteroatoms. The first-order chi connectivity index (χ1) is 9.54. The van der Waals surface area contributed by atoms with Crippen LogP contribution in [0.15, 0.2) is 30.3 Å². The topological polar surface area (TPSA) is 57.2 Å². The molecular weight excluding hydrogens is 307 g/mol. The van der Waals surface area contributed by atoms with Crippen LogP contribution in [-0.4, -0.2) is 38.1 Å². The summed E-state index contributed by atoms with van der Waals surface area (Å²) in [5.41, 5.74) is -4.21. The predicted molar refractivity (Wildman–Crippen MR) is 75.6 cm³/mol. The highest BCUT2D eigenvalue weighted by Gasteiger charge is 2.36. The molecule has 0 aliphatic heterocycles. The SMILES string of the molecule is CC[N+](CC)(CC)c1ccccc1.O=S(=O)([O-])C(F)(F)F. The highest BCUT2D eigenvalue weighted by molar-refractivity contribution is 7.86. The van der Waals surface area contributed by atoms with E-state index in [1.807, 2.05) is 0 Å². The Bertz CT molecular complexity index is 503. The molecule has 1 aromatic rings. The molecule has 0 aromatic heterocycles. The quantitative estimate of drug-likeness (QED) is 0.485. The molecule has 0 atom stereocenters. The number of benzene rings is 1. The van der Waals surface area contributed by atoms with E-state index in [-0.39, 0.29) is 0 Å². The van der Waals surface area contributed by atoms with Gasteiger partial charge in [-0.25, -0.2) is 8.42 Å². The van der Waals surface area contributed by atoms with E-state index in [1.165, 1.54) is 25.3 Å². The fourth-order valence-corrected chi connectivity index (χ4v) is 1.96. The molecule has 0 aliphatic carbocycles. The molecule has 0 aliphatic rings. The predicted octanol–water partition coefficient (Wildman–Crippen LogP) is 3.11. The van der Waals surface area contributed by atoms with Crippen LogP contribution < -0.4 is 4.48 Å². The lowest BCUT2D eigenvalue weighted by molar-refractivity contribution is -0.0517. The summed E-state index contributed by atoms with van der Waals surface area (Å²) in [5.74, 6) is 0. The third kappa shape index (κ3) is 5.64. The van der Waals surface area contributed by atoms with Crippen LogP contribution in [0.25, 0.3) is 0 Å². The highest BCUT2D eigenvalue weighted by Crippen LogP contribution is 2.21. The van der Waals surface area contributed by atoms with Crippen LogP contribution in [0.3, 0.4) is 0 Å². The Labute approximate surface area is 123 Å². The van der Waals surface area contributed by atoms with E-state index in [2.05, 4.69) is 51.1 Å². The van der Waals surface area contributed by atoms with Gasteiger partial charge >= 0.3 is 5.51 Å². The normalized spacial score (nSPS) is 12.5. The van der Waals surface area contributed by atoms with E-state index in [4.69, 9.17) is 13.0 Å². The van der Waals surface area contributed by atoms with E-state index in [0.717, 1.165) is 4.48 Å². The van der Waals surface area contributed by atoms with Crippen molar-refractivity contribution in [3.63, 3.8) is 0 Å². The smallest absolute Gasteiger partial charge is 0.485 e. The monoisotopic (exact) mass is 327 g/mol. The zero-order valence-electron chi connectivity index (χ0n) is 12.2. The van der Waals surface area contributed by atoms with Crippen molar-refractivity contribution in [2.45, 2.75) is 26.3 Å². The standard InChI is InChI=1S/C12H20N.CHF3O3S/c1-4-13(5-2,6-3)12-10-8-7-9-11-12;2-1(3,4)8(5,6)7/h7-11H,4-6H2,1-3H3;(H,5,6,7)/q+1;/p-1. The summed E-state index contributed by atoms with van der Waals surface area (Å²) in [6, 6.07) is 10.8. The van der Waals surface area contributed by atoms with Crippen LogP contribution in [0.1, 0.15) is 20.8 Å². The molecular formula is C13H20F3NO3S. The third-order valence-corrected chi connectivity index (χ3v) is 3.97. The van der Waals surface area contributed by atoms with Gasteiger partial charge in [0.2, 0.25) is 0 Å². The number of nitrogens with zero attached hydrogens (tertiary/aromatic N) is 1. The van der Waals surface area contributed by atoms with Gasteiger partial charge in [-0.1, -0.05) is 18.2 Å². The van der Waals surface area contributed by atoms with Gasteiger partial charge < -0.3 is 4.55 Å². The maximum atomic E-state index is 10.7. The molecule has 1 aromatic carbocycles. The Balaban J connectivity index is 0.000000433. The lowest BCUT2D eigenvalue weighted by Gasteiger charge is -2.35. The second-order valence-corrected chi connectivity index (χ2v) is 5.70. The summed E-state index contributed by atoms with van der Waals surface area (Å²) in [6.07, 6.45) is 0. The van der Waals surface area contributed by atoms with E-state index in [1.54, 1.807) is 0 Å². The van der Waals surface area contributed by atoms with Crippen molar-refractivity contribution < 1.29 is 26.1 Å². The Morgan fingerprint density at radius 3 is 1.57 bits per heavy atom. The molecule has 4 nitrogen and oxygen atoms in total. The molecule has 0 spiro atoms. The largest absolute Gasteiger partial charge is 0.741 e. The van der Waals surface area contributed by atoms with Crippen LogP contribution in [0.2, 0.25) is 0 Å². The minimum atomic E-state index is -6.09. The number of quaternary nitrogens is 1. The number of hydrogen-bond acceptors (Lipinski definition) is 3. The summed E-state index contributed by atoms with van der Waals surface area (Å²) in [6.45, 7) is 10.3. The molecule has 0 saturated carbocycles. The maximum Gasteiger partial charge on any atom is 0.485 e. The average molecular weight is 327 g/mol. The third-order valence-electron chi connectivity index (χ3n) is 3.40. The summed E-state index contributed by atoms with van der Waals surface area (Å²) in [7, 11) is -6.09. The number of halogens is 3. The van der Waals surface area contributed by atoms with Gasteiger partial charge in [0.25, 0.3) is 0 Å². The van der Waals surface area contributed by atoms with Crippen molar-refractivity contribution >= 4 is 15.8 Å². The first kappa shape index (κ1) is 19.9. The van der Waals surface area contributed by atoms with Crippen molar-refractivity contribution in [3.05, 3.63) is 30.3 Å². The zero-order chi connectivity index (χ0) is 16.7. The summed E-state index contributed by atoms with van der Waals surface area (Å²) < 4.78 is 60.0. The number of alkyl halides is 3. The van der Waals surface area contributed by atoms with E-state index >= 15 is 0 Å². The van der Waals surface area contributed by atoms with Crippen LogP contribution in [0.4, 0.5) is 18.9 Å². The Hall–Kier alpha value is -1.12. The molecule has 0 N–H and O–H groups in total. The molecule has 0 fully saturated rings. The Kier molecular flexibility index (Phi) is 7.35. The fourth-order valence-electron chi connectivity index (χ4n) is 1.96. The van der Waals surface area contributed by atoms with Crippen LogP contribution >= 0.6 is 0 Å². The lowest BCUT2D eigenvalue weighted by Crippen LogP contribution is -2.48. The van der Waals surface area contributed by atoms with Gasteiger partial charge in [0.1, 0.15) is 5.69 Å². The average Bonchev–Trinajstić information content (AvgIpc) is 2.41. The number of para-hydroxylation sites is 1. The lowest BCUT2D eigenvalue weighted by atomic mass is 10.2. The summed E-state index contributed by atoms with van der Waals surface area (Å²) >= 11 is 0. The van der Waals surface area contributed by atoms with Gasteiger partial charge in [0, 0.05) is 0 Å². The first-order valence-electron chi connectivity index (χ1n) is 6.48. The van der Waals surface area contributed by atoms with E-state index in [9.17, 15) is 13.2 Å². The second-order valence-electron chi connectivity index (χ2n) is 4.33. The zero-order valence-corrected chi connectivity index (χ0v) is 13.0. The molecule has 21 heavy (non-hydrogen) atoms. The molecule has 0 bridgehead atoms. The van der Waals surface area contributed by atoms with Crippen molar-refractivity contribution in [2.24, 2.45) is 0 Å². The molecule has 0 radical (unpaired) electrons. The van der Waals surface area contributed by atoms with Crippen molar-refractivity contribution in [3.8, 4) is 0 Å². The summed E-state index contributed by atoms with van der Waals surface area (Å²) in [5, 5.41) is 0. The van der Waals surface area contributed by atoms with Gasteiger partial charge in [-0.3, -0.25) is 4.48 Å². The second kappa shape index (κ2) is 7.77. The number of hydrogen-bond donors (Lipinski definition) is 0. The fraction of sp³-hybridized carbons (Fsp3) is 0.538. The minimum Gasteiger partial charge on any atom is -0.741 e. The van der Waals surface area contributed by atoms with Gasteiger partial charge in [0.05, 0.1) is 19.6 Å². The Morgan fingerprint density at radius 1 is 1.00 bits per heavy atom. The molecule has 122 valence electrons. The molecule has 0 amide bonds.